The monoisotopic (exact) mass is 262 g/mol. The van der Waals surface area contributed by atoms with Crippen LogP contribution in [0, 0.1) is 10.1 Å². The minimum atomic E-state index is -0.627. The molecule has 0 aliphatic heterocycles. The van der Waals surface area contributed by atoms with Gasteiger partial charge >= 0.3 is 5.97 Å². The number of carbonyl (C=O) groups excluding carboxylic acids is 1. The number of methoxy groups -OCH3 is 1. The number of ether oxygens (including phenoxy) is 1. The van der Waals surface area contributed by atoms with Crippen molar-refractivity contribution in [1.82, 2.24) is 15.0 Å². The number of nitro groups is 1. The van der Waals surface area contributed by atoms with Crippen LogP contribution >= 0.6 is 0 Å². The summed E-state index contributed by atoms with van der Waals surface area (Å²) in [6.07, 6.45) is 1.42. The Morgan fingerprint density at radius 2 is 2.21 bits per heavy atom. The van der Waals surface area contributed by atoms with E-state index in [1.807, 2.05) is 0 Å². The Balaban J connectivity index is 2.60. The Kier molecular flexibility index (Phi) is 3.23. The van der Waals surface area contributed by atoms with Crippen molar-refractivity contribution in [1.29, 1.82) is 0 Å². The van der Waals surface area contributed by atoms with Crippen LogP contribution in [0.15, 0.2) is 24.4 Å². The molecule has 0 radical (unpaired) electrons. The van der Waals surface area contributed by atoms with E-state index < -0.39 is 10.9 Å². The molecule has 0 saturated heterocycles. The summed E-state index contributed by atoms with van der Waals surface area (Å²) in [6, 6.07) is 4.11. The van der Waals surface area contributed by atoms with Gasteiger partial charge in [-0.1, -0.05) is 5.21 Å². The fraction of sp³-hybridized carbons (Fsp3) is 0.182. The molecule has 0 saturated carbocycles. The molecular formula is C11H10N4O4. The van der Waals surface area contributed by atoms with Gasteiger partial charge in [-0.2, -0.15) is 0 Å². The number of carbonyl (C=O) groups is 1. The lowest BCUT2D eigenvalue weighted by molar-refractivity contribution is -0.384. The van der Waals surface area contributed by atoms with Crippen molar-refractivity contribution in [3.63, 3.8) is 0 Å². The standard InChI is InChI=1S/C11H10N4O4/c1-14-10(6-12-13-14)8-4-3-7(11(16)19-2)5-9(8)15(17)18/h3-6H,1-2H3. The van der Waals surface area contributed by atoms with Crippen molar-refractivity contribution in [3.05, 3.63) is 40.1 Å². The summed E-state index contributed by atoms with van der Waals surface area (Å²) in [6.45, 7) is 0. The number of rotatable bonds is 3. The number of hydrogen-bond donors (Lipinski definition) is 0. The third kappa shape index (κ3) is 2.28. The van der Waals surface area contributed by atoms with E-state index in [1.165, 1.54) is 36.2 Å². The van der Waals surface area contributed by atoms with Crippen LogP contribution in [0.4, 0.5) is 5.69 Å². The third-order valence-corrected chi connectivity index (χ3v) is 2.61. The zero-order chi connectivity index (χ0) is 14.0. The first kappa shape index (κ1) is 12.7. The maximum atomic E-state index is 11.4. The molecule has 0 unspecified atom stereocenters. The van der Waals surface area contributed by atoms with Gasteiger partial charge in [-0.15, -0.1) is 5.10 Å². The lowest BCUT2D eigenvalue weighted by atomic mass is 10.1. The number of hydrogen-bond acceptors (Lipinski definition) is 6. The first-order valence-corrected chi connectivity index (χ1v) is 5.26. The normalized spacial score (nSPS) is 10.2. The fourth-order valence-corrected chi connectivity index (χ4v) is 1.68. The second kappa shape index (κ2) is 4.84. The molecule has 8 heteroatoms. The number of aryl methyl sites for hydroxylation is 1. The molecule has 2 rings (SSSR count). The van der Waals surface area contributed by atoms with Crippen molar-refractivity contribution < 1.29 is 14.5 Å². The van der Waals surface area contributed by atoms with E-state index in [-0.39, 0.29) is 11.3 Å². The van der Waals surface area contributed by atoms with E-state index >= 15 is 0 Å². The van der Waals surface area contributed by atoms with Gasteiger partial charge in [0, 0.05) is 13.1 Å². The molecular weight excluding hydrogens is 252 g/mol. The average Bonchev–Trinajstić information content (AvgIpc) is 2.83. The molecule has 0 aliphatic carbocycles. The molecule has 0 bridgehead atoms. The van der Waals surface area contributed by atoms with Gasteiger partial charge in [0.25, 0.3) is 5.69 Å². The maximum Gasteiger partial charge on any atom is 0.338 e. The Hall–Kier alpha value is -2.77. The van der Waals surface area contributed by atoms with Crippen LogP contribution in [0.3, 0.4) is 0 Å². The van der Waals surface area contributed by atoms with E-state index in [0.29, 0.717) is 11.3 Å². The van der Waals surface area contributed by atoms with Crippen molar-refractivity contribution in [2.75, 3.05) is 7.11 Å². The molecule has 1 aromatic heterocycles. The van der Waals surface area contributed by atoms with E-state index in [1.54, 1.807) is 7.05 Å². The summed E-state index contributed by atoms with van der Waals surface area (Å²) >= 11 is 0. The highest BCUT2D eigenvalue weighted by molar-refractivity contribution is 5.91. The highest BCUT2D eigenvalue weighted by Gasteiger charge is 2.21. The molecule has 98 valence electrons. The van der Waals surface area contributed by atoms with E-state index in [2.05, 4.69) is 15.0 Å². The first-order chi connectivity index (χ1) is 9.04. The topological polar surface area (TPSA) is 100 Å². The van der Waals surface area contributed by atoms with Crippen LogP contribution in [-0.2, 0) is 11.8 Å². The molecule has 0 N–H and O–H groups in total. The van der Waals surface area contributed by atoms with E-state index in [0.717, 1.165) is 0 Å². The van der Waals surface area contributed by atoms with Crippen LogP contribution in [0.5, 0.6) is 0 Å². The van der Waals surface area contributed by atoms with Crippen molar-refractivity contribution >= 4 is 11.7 Å². The van der Waals surface area contributed by atoms with E-state index in [9.17, 15) is 14.9 Å². The minimum Gasteiger partial charge on any atom is -0.465 e. The highest BCUT2D eigenvalue weighted by atomic mass is 16.6. The number of esters is 1. The zero-order valence-corrected chi connectivity index (χ0v) is 10.2. The van der Waals surface area contributed by atoms with Gasteiger partial charge in [-0.25, -0.2) is 9.48 Å². The molecule has 0 aliphatic rings. The number of nitrogens with zero attached hydrogens (tertiary/aromatic N) is 4. The molecule has 0 spiro atoms. The molecule has 19 heavy (non-hydrogen) atoms. The highest BCUT2D eigenvalue weighted by Crippen LogP contribution is 2.29. The number of nitro benzene ring substituents is 1. The zero-order valence-electron chi connectivity index (χ0n) is 10.2. The molecule has 8 nitrogen and oxygen atoms in total. The molecule has 1 aromatic carbocycles. The summed E-state index contributed by atoms with van der Waals surface area (Å²) in [5.41, 5.74) is 0.745. The predicted molar refractivity (Wildman–Crippen MR) is 64.4 cm³/mol. The van der Waals surface area contributed by atoms with Gasteiger partial charge in [0.15, 0.2) is 0 Å². The Labute approximate surface area is 107 Å². The van der Waals surface area contributed by atoms with Crippen LogP contribution < -0.4 is 0 Å². The second-order valence-electron chi connectivity index (χ2n) is 3.72. The first-order valence-electron chi connectivity index (χ1n) is 5.26. The molecule has 0 fully saturated rings. The summed E-state index contributed by atoms with van der Waals surface area (Å²) in [7, 11) is 2.84. The molecule has 2 aromatic rings. The summed E-state index contributed by atoms with van der Waals surface area (Å²) in [5, 5.41) is 18.5. The van der Waals surface area contributed by atoms with Crippen LogP contribution in [0.1, 0.15) is 10.4 Å². The Morgan fingerprint density at radius 1 is 1.47 bits per heavy atom. The molecule has 0 amide bonds. The van der Waals surface area contributed by atoms with Gasteiger partial charge in [0.2, 0.25) is 0 Å². The third-order valence-electron chi connectivity index (χ3n) is 2.61. The smallest absolute Gasteiger partial charge is 0.338 e. The maximum absolute atomic E-state index is 11.4. The van der Waals surface area contributed by atoms with Crippen LogP contribution in [0.2, 0.25) is 0 Å². The Bertz CT molecular complexity index is 650. The Morgan fingerprint density at radius 3 is 2.74 bits per heavy atom. The van der Waals surface area contributed by atoms with Crippen LogP contribution in [0.25, 0.3) is 11.3 Å². The predicted octanol–water partition coefficient (Wildman–Crippen LogP) is 1.18. The van der Waals surface area contributed by atoms with Gasteiger partial charge in [0.05, 0.1) is 35.1 Å². The van der Waals surface area contributed by atoms with Crippen molar-refractivity contribution in [2.24, 2.45) is 7.05 Å². The lowest BCUT2D eigenvalue weighted by Gasteiger charge is -2.04. The molecule has 0 atom stereocenters. The number of benzene rings is 1. The minimum absolute atomic E-state index is 0.119. The second-order valence-corrected chi connectivity index (χ2v) is 3.72. The lowest BCUT2D eigenvalue weighted by Crippen LogP contribution is -2.04. The van der Waals surface area contributed by atoms with Gasteiger partial charge < -0.3 is 4.74 Å². The average molecular weight is 262 g/mol. The van der Waals surface area contributed by atoms with Gasteiger partial charge in [-0.3, -0.25) is 10.1 Å². The number of aromatic nitrogens is 3. The summed E-state index contributed by atoms with van der Waals surface area (Å²) in [5.74, 6) is -0.627. The molecule has 1 heterocycles. The van der Waals surface area contributed by atoms with E-state index in [4.69, 9.17) is 0 Å². The largest absolute Gasteiger partial charge is 0.465 e. The summed E-state index contributed by atoms with van der Waals surface area (Å²) < 4.78 is 5.95. The van der Waals surface area contributed by atoms with Crippen molar-refractivity contribution in [3.8, 4) is 11.3 Å². The quantitative estimate of drug-likeness (QED) is 0.467. The van der Waals surface area contributed by atoms with Gasteiger partial charge in [0.1, 0.15) is 0 Å². The van der Waals surface area contributed by atoms with Crippen LogP contribution in [-0.4, -0.2) is 33.0 Å². The summed E-state index contributed by atoms with van der Waals surface area (Å²) in [4.78, 5) is 21.9. The SMILES string of the molecule is COC(=O)c1ccc(-c2cnnn2C)c([N+](=O)[O-])c1. The van der Waals surface area contributed by atoms with Gasteiger partial charge in [-0.05, 0) is 12.1 Å². The fourth-order valence-electron chi connectivity index (χ4n) is 1.68. The van der Waals surface area contributed by atoms with Crippen molar-refractivity contribution in [2.45, 2.75) is 0 Å².